The van der Waals surface area contributed by atoms with Crippen LogP contribution in [0.1, 0.15) is 54.1 Å². The molecule has 0 spiro atoms. The second kappa shape index (κ2) is 10.5. The van der Waals surface area contributed by atoms with Gasteiger partial charge in [-0.3, -0.25) is 9.69 Å². The van der Waals surface area contributed by atoms with Gasteiger partial charge in [-0.05, 0) is 86.7 Å². The molecule has 2 aromatic rings. The van der Waals surface area contributed by atoms with E-state index < -0.39 is 6.10 Å². The molecule has 2 fully saturated rings. The van der Waals surface area contributed by atoms with Crippen molar-refractivity contribution in [2.24, 2.45) is 5.92 Å². The Morgan fingerprint density at radius 2 is 1.97 bits per heavy atom. The smallest absolute Gasteiger partial charge is 0.170 e. The first-order valence-corrected chi connectivity index (χ1v) is 13.0. The van der Waals surface area contributed by atoms with Crippen LogP contribution in [0, 0.1) is 11.7 Å². The highest BCUT2D eigenvalue weighted by atomic mass is 19.1. The third-order valence-corrected chi connectivity index (χ3v) is 7.71. The van der Waals surface area contributed by atoms with E-state index in [0.717, 1.165) is 30.8 Å². The van der Waals surface area contributed by atoms with Crippen LogP contribution in [0.5, 0.6) is 5.75 Å². The number of Topliss-reactive ketones (excluding diaryl/α,β-unsaturated/α-hetero) is 1. The lowest BCUT2D eigenvalue weighted by molar-refractivity contribution is 0.0941. The van der Waals surface area contributed by atoms with Gasteiger partial charge in [-0.1, -0.05) is 25.1 Å². The summed E-state index contributed by atoms with van der Waals surface area (Å²) in [6.07, 6.45) is 7.95. The van der Waals surface area contributed by atoms with Crippen molar-refractivity contribution >= 4 is 17.5 Å². The largest absolute Gasteiger partial charge is 0.491 e. The van der Waals surface area contributed by atoms with Crippen molar-refractivity contribution in [2.75, 3.05) is 37.7 Å². The van der Waals surface area contributed by atoms with E-state index in [9.17, 15) is 9.90 Å². The van der Waals surface area contributed by atoms with E-state index in [1.165, 1.54) is 25.9 Å². The summed E-state index contributed by atoms with van der Waals surface area (Å²) in [5.41, 5.74) is 2.93. The number of ketones is 1. The predicted octanol–water partition coefficient (Wildman–Crippen LogP) is 4.72. The third kappa shape index (κ3) is 5.29. The van der Waals surface area contributed by atoms with Gasteiger partial charge in [0.1, 0.15) is 18.2 Å². The highest BCUT2D eigenvalue weighted by Gasteiger charge is 2.30. The number of fused-ring (bicyclic) bond motifs is 1. The molecule has 35 heavy (non-hydrogen) atoms. The van der Waals surface area contributed by atoms with Gasteiger partial charge in [-0.15, -0.1) is 0 Å². The van der Waals surface area contributed by atoms with Gasteiger partial charge < -0.3 is 14.7 Å². The third-order valence-electron chi connectivity index (χ3n) is 7.71. The fraction of sp³-hybridized carbons (Fsp3) is 0.483. The first-order chi connectivity index (χ1) is 17.0. The summed E-state index contributed by atoms with van der Waals surface area (Å²) in [4.78, 5) is 18.0. The molecular formula is C29H35FN2O3. The number of hydrogen-bond donors (Lipinski definition) is 1. The second-order valence-corrected chi connectivity index (χ2v) is 10.1. The van der Waals surface area contributed by atoms with Crippen LogP contribution in [-0.4, -0.2) is 60.7 Å². The van der Waals surface area contributed by atoms with E-state index >= 15 is 4.39 Å². The Morgan fingerprint density at radius 3 is 2.74 bits per heavy atom. The monoisotopic (exact) mass is 478 g/mol. The van der Waals surface area contributed by atoms with Crippen molar-refractivity contribution in [2.45, 2.75) is 51.2 Å². The van der Waals surface area contributed by atoms with Gasteiger partial charge in [0.15, 0.2) is 5.78 Å². The quantitative estimate of drug-likeness (QED) is 0.595. The molecular weight excluding hydrogens is 443 g/mol. The predicted molar refractivity (Wildman–Crippen MR) is 137 cm³/mol. The van der Waals surface area contributed by atoms with Crippen LogP contribution in [0.3, 0.4) is 0 Å². The minimum atomic E-state index is -0.508. The van der Waals surface area contributed by atoms with Gasteiger partial charge in [0.2, 0.25) is 0 Å². The van der Waals surface area contributed by atoms with Crippen LogP contribution in [0.2, 0.25) is 0 Å². The number of nitrogens with zero attached hydrogens (tertiary/aromatic N) is 2. The van der Waals surface area contributed by atoms with Gasteiger partial charge in [-0.2, -0.15) is 0 Å². The molecule has 2 aliphatic heterocycles. The molecule has 2 heterocycles. The topological polar surface area (TPSA) is 53.0 Å². The van der Waals surface area contributed by atoms with E-state index in [1.54, 1.807) is 18.2 Å². The average Bonchev–Trinajstić information content (AvgIpc) is 3.57. The highest BCUT2D eigenvalue weighted by molar-refractivity contribution is 6.04. The van der Waals surface area contributed by atoms with Crippen molar-refractivity contribution in [3.8, 4) is 5.75 Å². The number of allylic oxidation sites excluding steroid dienone is 1. The van der Waals surface area contributed by atoms with E-state index in [1.807, 2.05) is 37.3 Å². The van der Waals surface area contributed by atoms with Crippen molar-refractivity contribution < 1.29 is 19.0 Å². The number of rotatable bonds is 8. The molecule has 5 nitrogen and oxygen atoms in total. The molecule has 3 aliphatic rings. The molecule has 0 amide bonds. The van der Waals surface area contributed by atoms with Crippen molar-refractivity contribution in [3.63, 3.8) is 0 Å². The number of halogens is 1. The molecule has 2 aromatic carbocycles. The average molecular weight is 479 g/mol. The number of aliphatic hydroxyl groups excluding tert-OH is 1. The van der Waals surface area contributed by atoms with Crippen LogP contribution in [0.4, 0.5) is 10.1 Å². The van der Waals surface area contributed by atoms with Gasteiger partial charge in [-0.25, -0.2) is 4.39 Å². The Kier molecular flexibility index (Phi) is 7.21. The second-order valence-electron chi connectivity index (χ2n) is 10.1. The van der Waals surface area contributed by atoms with E-state index in [2.05, 4.69) is 9.80 Å². The summed E-state index contributed by atoms with van der Waals surface area (Å²) in [5, 5.41) is 9.70. The first kappa shape index (κ1) is 24.0. The number of carbonyl (C=O) groups is 1. The molecule has 0 aromatic heterocycles. The molecule has 2 saturated heterocycles. The summed E-state index contributed by atoms with van der Waals surface area (Å²) in [6.45, 7) is 6.42. The lowest BCUT2D eigenvalue weighted by Gasteiger charge is -2.25. The van der Waals surface area contributed by atoms with E-state index in [-0.39, 0.29) is 24.1 Å². The Labute approximate surface area is 207 Å². The zero-order valence-corrected chi connectivity index (χ0v) is 20.5. The Hall–Kier alpha value is -2.70. The van der Waals surface area contributed by atoms with Crippen LogP contribution >= 0.6 is 0 Å². The summed E-state index contributed by atoms with van der Waals surface area (Å²) in [7, 11) is 0. The summed E-state index contributed by atoms with van der Waals surface area (Å²) < 4.78 is 20.7. The maximum atomic E-state index is 15.1. The first-order valence-electron chi connectivity index (χ1n) is 13.0. The Morgan fingerprint density at radius 1 is 1.14 bits per heavy atom. The molecule has 3 unspecified atom stereocenters. The van der Waals surface area contributed by atoms with Crippen LogP contribution in [-0.2, 0) is 6.42 Å². The van der Waals surface area contributed by atoms with Crippen LogP contribution in [0.15, 0.2) is 42.5 Å². The number of hydrogen-bond acceptors (Lipinski definition) is 5. The molecule has 1 N–H and O–H groups in total. The van der Waals surface area contributed by atoms with Gasteiger partial charge in [0, 0.05) is 36.3 Å². The Bertz CT molecular complexity index is 1100. The van der Waals surface area contributed by atoms with E-state index in [4.69, 9.17) is 4.74 Å². The van der Waals surface area contributed by atoms with Crippen LogP contribution in [0.25, 0.3) is 6.08 Å². The van der Waals surface area contributed by atoms with Gasteiger partial charge in [0.05, 0.1) is 6.10 Å². The number of anilines is 1. The molecule has 6 heteroatoms. The number of aliphatic hydroxyl groups is 1. The van der Waals surface area contributed by atoms with Gasteiger partial charge in [0.25, 0.3) is 0 Å². The van der Waals surface area contributed by atoms with Crippen molar-refractivity contribution in [3.05, 3.63) is 65.0 Å². The fourth-order valence-electron chi connectivity index (χ4n) is 5.49. The highest BCUT2D eigenvalue weighted by Crippen LogP contribution is 2.31. The minimum Gasteiger partial charge on any atom is -0.491 e. The maximum Gasteiger partial charge on any atom is 0.170 e. The van der Waals surface area contributed by atoms with Crippen LogP contribution < -0.4 is 9.64 Å². The zero-order chi connectivity index (χ0) is 24.4. The molecule has 186 valence electrons. The number of likely N-dealkylation sites (tertiary alicyclic amines) is 1. The molecule has 1 aliphatic carbocycles. The summed E-state index contributed by atoms with van der Waals surface area (Å²) in [6, 6.07) is 11.4. The summed E-state index contributed by atoms with van der Waals surface area (Å²) >= 11 is 0. The number of ether oxygens (including phenoxy) is 1. The minimum absolute atomic E-state index is 0.000817. The fourth-order valence-corrected chi connectivity index (χ4v) is 5.49. The number of carbonyl (C=O) groups excluding carboxylic acids is 1. The molecule has 5 rings (SSSR count). The molecule has 0 bridgehead atoms. The summed E-state index contributed by atoms with van der Waals surface area (Å²) in [5.74, 6) is 0.00185. The normalized spacial score (nSPS) is 23.1. The zero-order valence-electron chi connectivity index (χ0n) is 20.5. The molecule has 0 radical (unpaired) electrons. The molecule has 0 saturated carbocycles. The Balaban J connectivity index is 1.22. The van der Waals surface area contributed by atoms with E-state index in [0.29, 0.717) is 35.8 Å². The molecule has 3 atom stereocenters. The lowest BCUT2D eigenvalue weighted by Crippen LogP contribution is -2.35. The SMILES string of the molecule is CCC(O)COc1ccc2c(c1)C=CC(Cc1ccc(N3CCC(N4CCCC4)C3)cc1F)C2=O. The van der Waals surface area contributed by atoms with Crippen molar-refractivity contribution in [1.82, 2.24) is 4.90 Å². The standard InChI is InChI=1S/C29H35FN2O3/c1-2-25(33)19-35-26-9-10-27-20(16-26)5-6-22(29(27)34)15-21-7-8-23(17-28(21)30)32-14-11-24(18-32)31-12-3-4-13-31/h5-10,16-17,22,24-25,33H,2-4,11-15,18-19H2,1H3. The number of benzene rings is 2. The maximum absolute atomic E-state index is 15.1. The van der Waals surface area contributed by atoms with Gasteiger partial charge >= 0.3 is 0 Å². The lowest BCUT2D eigenvalue weighted by atomic mass is 9.84. The van der Waals surface area contributed by atoms with Crippen molar-refractivity contribution in [1.29, 1.82) is 0 Å².